The van der Waals surface area contributed by atoms with Gasteiger partial charge in [0.15, 0.2) is 5.96 Å². The zero-order valence-corrected chi connectivity index (χ0v) is 22.6. The van der Waals surface area contributed by atoms with Gasteiger partial charge in [0.2, 0.25) is 5.91 Å². The molecule has 2 fully saturated rings. The van der Waals surface area contributed by atoms with Crippen LogP contribution < -0.4 is 15.5 Å². The molecule has 6 nitrogen and oxygen atoms in total. The van der Waals surface area contributed by atoms with E-state index in [9.17, 15) is 4.79 Å². The molecule has 2 aliphatic heterocycles. The Labute approximate surface area is 217 Å². The minimum atomic E-state index is 0. The highest BCUT2D eigenvalue weighted by molar-refractivity contribution is 14.0. The van der Waals surface area contributed by atoms with Crippen molar-refractivity contribution < 1.29 is 4.79 Å². The number of anilines is 1. The van der Waals surface area contributed by atoms with Crippen LogP contribution in [0.4, 0.5) is 5.69 Å². The highest BCUT2D eigenvalue weighted by atomic mass is 127. The van der Waals surface area contributed by atoms with Crippen molar-refractivity contribution in [2.45, 2.75) is 83.2 Å². The Morgan fingerprint density at radius 2 is 1.82 bits per heavy atom. The second-order valence-corrected chi connectivity index (χ2v) is 9.53. The number of carbonyl (C=O) groups excluding carboxylic acids is 1. The summed E-state index contributed by atoms with van der Waals surface area (Å²) in [4.78, 5) is 22.1. The number of rotatable bonds is 7. The predicted molar refractivity (Wildman–Crippen MR) is 148 cm³/mol. The SMILES string of the molecule is CCNC(=NCCCC(=O)N1CCc2ccccc21)NC1CCN(C2CCCCC2)CC1.I. The summed E-state index contributed by atoms with van der Waals surface area (Å²) in [5, 5.41) is 7.04. The summed E-state index contributed by atoms with van der Waals surface area (Å²) in [5.74, 6) is 1.13. The summed E-state index contributed by atoms with van der Waals surface area (Å²) < 4.78 is 0. The topological polar surface area (TPSA) is 60.0 Å². The van der Waals surface area contributed by atoms with Gasteiger partial charge in [-0.15, -0.1) is 24.0 Å². The molecule has 4 rings (SSSR count). The van der Waals surface area contributed by atoms with Crippen molar-refractivity contribution in [3.05, 3.63) is 29.8 Å². The number of nitrogens with one attached hydrogen (secondary N) is 2. The Morgan fingerprint density at radius 3 is 2.58 bits per heavy atom. The van der Waals surface area contributed by atoms with E-state index < -0.39 is 0 Å². The van der Waals surface area contributed by atoms with E-state index >= 15 is 0 Å². The van der Waals surface area contributed by atoms with Gasteiger partial charge in [0.05, 0.1) is 0 Å². The predicted octanol–water partition coefficient (Wildman–Crippen LogP) is 4.33. The fourth-order valence-corrected chi connectivity index (χ4v) is 5.52. The summed E-state index contributed by atoms with van der Waals surface area (Å²) in [5.41, 5.74) is 2.38. The van der Waals surface area contributed by atoms with Gasteiger partial charge in [-0.25, -0.2) is 0 Å². The molecule has 2 heterocycles. The fourth-order valence-electron chi connectivity index (χ4n) is 5.52. The van der Waals surface area contributed by atoms with E-state index in [4.69, 9.17) is 4.99 Å². The van der Waals surface area contributed by atoms with Gasteiger partial charge in [-0.3, -0.25) is 9.79 Å². The first-order valence-corrected chi connectivity index (χ1v) is 12.9. The molecule has 0 bridgehead atoms. The Bertz CT molecular complexity index is 772. The molecule has 2 N–H and O–H groups in total. The van der Waals surface area contributed by atoms with Crippen LogP contribution in [0.25, 0.3) is 0 Å². The van der Waals surface area contributed by atoms with Crippen LogP contribution in [-0.2, 0) is 11.2 Å². The zero-order valence-electron chi connectivity index (χ0n) is 20.2. The van der Waals surface area contributed by atoms with Crippen molar-refractivity contribution >= 4 is 41.5 Å². The standard InChI is InChI=1S/C26H41N5O.HI/c1-2-27-26(29-22-15-18-30(19-16-22)23-10-4-3-5-11-23)28-17-8-13-25(32)31-20-14-21-9-6-7-12-24(21)31;/h6-7,9,12,22-23H,2-5,8,10-11,13-20H2,1H3,(H2,27,28,29);1H. The Hall–Kier alpha value is -1.35. The number of hydrogen-bond acceptors (Lipinski definition) is 3. The molecule has 1 aliphatic carbocycles. The zero-order chi connectivity index (χ0) is 22.2. The summed E-state index contributed by atoms with van der Waals surface area (Å²) in [6.07, 6.45) is 11.7. The molecule has 1 saturated carbocycles. The van der Waals surface area contributed by atoms with E-state index in [1.54, 1.807) is 0 Å². The van der Waals surface area contributed by atoms with Gasteiger partial charge in [0, 0.05) is 56.9 Å². The first-order valence-electron chi connectivity index (χ1n) is 12.9. The minimum Gasteiger partial charge on any atom is -0.357 e. The fraction of sp³-hybridized carbons (Fsp3) is 0.692. The smallest absolute Gasteiger partial charge is 0.227 e. The Morgan fingerprint density at radius 1 is 1.06 bits per heavy atom. The van der Waals surface area contributed by atoms with Crippen molar-refractivity contribution in [2.75, 3.05) is 37.6 Å². The summed E-state index contributed by atoms with van der Waals surface area (Å²) in [6, 6.07) is 9.58. The summed E-state index contributed by atoms with van der Waals surface area (Å²) in [7, 11) is 0. The molecule has 0 atom stereocenters. The van der Waals surface area contributed by atoms with Gasteiger partial charge >= 0.3 is 0 Å². The quantitative estimate of drug-likeness (QED) is 0.223. The number of para-hydroxylation sites is 1. The molecule has 1 aromatic carbocycles. The summed E-state index contributed by atoms with van der Waals surface area (Å²) in [6.45, 7) is 6.86. The number of piperidine rings is 1. The number of fused-ring (bicyclic) bond motifs is 1. The molecule has 1 aromatic rings. The molecular weight excluding hydrogens is 525 g/mol. The molecule has 0 aromatic heterocycles. The Kier molecular flexibility index (Phi) is 10.8. The van der Waals surface area contributed by atoms with Crippen molar-refractivity contribution in [3.8, 4) is 0 Å². The van der Waals surface area contributed by atoms with Crippen molar-refractivity contribution in [1.29, 1.82) is 0 Å². The maximum atomic E-state index is 12.7. The monoisotopic (exact) mass is 567 g/mol. The molecule has 1 saturated heterocycles. The molecule has 184 valence electrons. The van der Waals surface area contributed by atoms with E-state index in [1.807, 2.05) is 11.0 Å². The van der Waals surface area contributed by atoms with E-state index in [1.165, 1.54) is 63.6 Å². The van der Waals surface area contributed by atoms with Gasteiger partial charge in [0.25, 0.3) is 0 Å². The molecular formula is C26H42IN5O. The van der Waals surface area contributed by atoms with Crippen LogP contribution >= 0.6 is 24.0 Å². The number of hydrogen-bond donors (Lipinski definition) is 2. The van der Waals surface area contributed by atoms with E-state index in [0.717, 1.165) is 43.6 Å². The number of aliphatic imine (C=N–C) groups is 1. The first-order chi connectivity index (χ1) is 15.7. The molecule has 0 unspecified atom stereocenters. The average Bonchev–Trinajstić information content (AvgIpc) is 3.27. The third-order valence-electron chi connectivity index (χ3n) is 7.31. The maximum absolute atomic E-state index is 12.7. The van der Waals surface area contributed by atoms with Gasteiger partial charge in [0.1, 0.15) is 0 Å². The van der Waals surface area contributed by atoms with E-state index in [-0.39, 0.29) is 29.9 Å². The number of nitrogens with zero attached hydrogens (tertiary/aromatic N) is 3. The summed E-state index contributed by atoms with van der Waals surface area (Å²) >= 11 is 0. The van der Waals surface area contributed by atoms with Crippen LogP contribution in [0.5, 0.6) is 0 Å². The van der Waals surface area contributed by atoms with E-state index in [0.29, 0.717) is 19.0 Å². The lowest BCUT2D eigenvalue weighted by molar-refractivity contribution is -0.118. The number of guanidine groups is 1. The van der Waals surface area contributed by atoms with Crippen LogP contribution in [0.15, 0.2) is 29.3 Å². The van der Waals surface area contributed by atoms with Crippen LogP contribution in [0.1, 0.15) is 70.3 Å². The number of amides is 1. The van der Waals surface area contributed by atoms with Crippen LogP contribution in [0.3, 0.4) is 0 Å². The highest BCUT2D eigenvalue weighted by Gasteiger charge is 2.26. The second kappa shape index (κ2) is 13.5. The maximum Gasteiger partial charge on any atom is 0.227 e. The number of likely N-dealkylation sites (tertiary alicyclic amines) is 1. The molecule has 3 aliphatic rings. The molecule has 0 radical (unpaired) electrons. The molecule has 33 heavy (non-hydrogen) atoms. The number of benzene rings is 1. The van der Waals surface area contributed by atoms with Crippen LogP contribution in [0, 0.1) is 0 Å². The first kappa shape index (κ1) is 26.3. The average molecular weight is 568 g/mol. The third-order valence-corrected chi connectivity index (χ3v) is 7.31. The van der Waals surface area contributed by atoms with Gasteiger partial charge in [-0.1, -0.05) is 37.5 Å². The van der Waals surface area contributed by atoms with Crippen molar-refractivity contribution in [3.63, 3.8) is 0 Å². The van der Waals surface area contributed by atoms with Gasteiger partial charge in [-0.05, 0) is 57.1 Å². The molecule has 0 spiro atoms. The van der Waals surface area contributed by atoms with Gasteiger partial charge in [-0.2, -0.15) is 0 Å². The molecule has 1 amide bonds. The van der Waals surface area contributed by atoms with Crippen molar-refractivity contribution in [1.82, 2.24) is 15.5 Å². The minimum absolute atomic E-state index is 0. The lowest BCUT2D eigenvalue weighted by Gasteiger charge is -2.39. The number of carbonyl (C=O) groups is 1. The van der Waals surface area contributed by atoms with Gasteiger partial charge < -0.3 is 20.4 Å². The number of halogens is 1. The van der Waals surface area contributed by atoms with Crippen LogP contribution in [0.2, 0.25) is 0 Å². The van der Waals surface area contributed by atoms with Crippen LogP contribution in [-0.4, -0.2) is 61.6 Å². The normalized spacial score (nSPS) is 20.3. The van der Waals surface area contributed by atoms with E-state index in [2.05, 4.69) is 40.7 Å². The second-order valence-electron chi connectivity index (χ2n) is 9.53. The Balaban J connectivity index is 0.00000306. The third kappa shape index (κ3) is 7.31. The lowest BCUT2D eigenvalue weighted by atomic mass is 9.92. The van der Waals surface area contributed by atoms with Crippen molar-refractivity contribution in [2.24, 2.45) is 4.99 Å². The lowest BCUT2D eigenvalue weighted by Crippen LogP contribution is -2.51. The largest absolute Gasteiger partial charge is 0.357 e. The highest BCUT2D eigenvalue weighted by Crippen LogP contribution is 2.28. The molecule has 7 heteroatoms.